The summed E-state index contributed by atoms with van der Waals surface area (Å²) in [6.45, 7) is 3.72. The Morgan fingerprint density at radius 1 is 1.47 bits per heavy atom. The van der Waals surface area contributed by atoms with E-state index in [1.807, 2.05) is 6.07 Å². The van der Waals surface area contributed by atoms with E-state index in [0.29, 0.717) is 5.56 Å². The third-order valence-corrected chi connectivity index (χ3v) is 2.85. The molecule has 19 heavy (non-hydrogen) atoms. The molecule has 1 aliphatic rings. The summed E-state index contributed by atoms with van der Waals surface area (Å²) in [6.07, 6.45) is -1.37. The molecule has 0 spiro atoms. The van der Waals surface area contributed by atoms with Crippen LogP contribution in [-0.4, -0.2) is 42.3 Å². The number of carbonyl (C=O) groups is 1. The fourth-order valence-electron chi connectivity index (χ4n) is 1.83. The van der Waals surface area contributed by atoms with Crippen LogP contribution in [0.2, 0.25) is 0 Å². The average molecular weight is 266 g/mol. The Kier molecular flexibility index (Phi) is 4.19. The van der Waals surface area contributed by atoms with E-state index in [0.717, 1.165) is 0 Å². The maximum atomic E-state index is 11.7. The normalized spacial score (nSPS) is 23.0. The average Bonchev–Trinajstić information content (AvgIpc) is 2.77. The minimum atomic E-state index is -0.894. The summed E-state index contributed by atoms with van der Waals surface area (Å²) in [5.41, 5.74) is 0.457. The van der Waals surface area contributed by atoms with Gasteiger partial charge in [-0.3, -0.25) is 0 Å². The summed E-state index contributed by atoms with van der Waals surface area (Å²) in [7, 11) is 0. The number of aliphatic hydroxyl groups excluding tert-OH is 1. The van der Waals surface area contributed by atoms with Crippen LogP contribution in [0.1, 0.15) is 24.2 Å². The van der Waals surface area contributed by atoms with Crippen molar-refractivity contribution in [2.75, 3.05) is 13.2 Å². The third kappa shape index (κ3) is 3.76. The molecule has 1 N–H and O–H groups in total. The largest absolute Gasteiger partial charge is 0.459 e. The van der Waals surface area contributed by atoms with Crippen LogP contribution in [0.15, 0.2) is 30.3 Å². The summed E-state index contributed by atoms with van der Waals surface area (Å²) in [5, 5.41) is 9.89. The standard InChI is InChI=1S/C14H18O5/c1-14(2)18-9-12(19-14)11(15)8-17-13(16)10-6-4-3-5-7-10/h3-7,11-12,15H,8-9H2,1-2H3/t11-,12-/m0/s1. The molecule has 1 aliphatic heterocycles. The van der Waals surface area contributed by atoms with Crippen LogP contribution in [0.3, 0.4) is 0 Å². The van der Waals surface area contributed by atoms with Crippen LogP contribution in [0.5, 0.6) is 0 Å². The highest BCUT2D eigenvalue weighted by Crippen LogP contribution is 2.24. The molecule has 2 atom stereocenters. The molecule has 0 aromatic heterocycles. The Hall–Kier alpha value is -1.43. The maximum Gasteiger partial charge on any atom is 0.338 e. The van der Waals surface area contributed by atoms with Crippen molar-refractivity contribution in [2.45, 2.75) is 31.8 Å². The Morgan fingerprint density at radius 3 is 2.74 bits per heavy atom. The van der Waals surface area contributed by atoms with Gasteiger partial charge in [-0.05, 0) is 26.0 Å². The van der Waals surface area contributed by atoms with Crippen molar-refractivity contribution in [1.29, 1.82) is 0 Å². The molecule has 0 aliphatic carbocycles. The van der Waals surface area contributed by atoms with E-state index in [4.69, 9.17) is 14.2 Å². The lowest BCUT2D eigenvalue weighted by Crippen LogP contribution is -2.34. The molecule has 1 heterocycles. The van der Waals surface area contributed by atoms with Crippen LogP contribution >= 0.6 is 0 Å². The number of ether oxygens (including phenoxy) is 3. The second kappa shape index (κ2) is 5.69. The monoisotopic (exact) mass is 266 g/mol. The van der Waals surface area contributed by atoms with E-state index in [-0.39, 0.29) is 13.2 Å². The van der Waals surface area contributed by atoms with Crippen molar-refractivity contribution in [3.63, 3.8) is 0 Å². The first-order valence-electron chi connectivity index (χ1n) is 6.20. The van der Waals surface area contributed by atoms with Crippen molar-refractivity contribution in [1.82, 2.24) is 0 Å². The molecular formula is C14H18O5. The lowest BCUT2D eigenvalue weighted by Gasteiger charge is -2.20. The molecule has 2 rings (SSSR count). The molecule has 0 amide bonds. The molecule has 5 heteroatoms. The van der Waals surface area contributed by atoms with Gasteiger partial charge in [-0.2, -0.15) is 0 Å². The molecule has 0 unspecified atom stereocenters. The second-order valence-corrected chi connectivity index (χ2v) is 4.90. The van der Waals surface area contributed by atoms with Crippen LogP contribution < -0.4 is 0 Å². The first kappa shape index (κ1) is 14.0. The lowest BCUT2D eigenvalue weighted by molar-refractivity contribution is -0.153. The molecule has 1 saturated heterocycles. The van der Waals surface area contributed by atoms with Crippen molar-refractivity contribution >= 4 is 5.97 Å². The van der Waals surface area contributed by atoms with Gasteiger partial charge in [0.05, 0.1) is 12.2 Å². The summed E-state index contributed by atoms with van der Waals surface area (Å²) in [5.74, 6) is -1.16. The van der Waals surface area contributed by atoms with Gasteiger partial charge in [0.1, 0.15) is 18.8 Å². The number of benzene rings is 1. The molecular weight excluding hydrogens is 248 g/mol. The molecule has 0 saturated carbocycles. The van der Waals surface area contributed by atoms with E-state index in [1.54, 1.807) is 38.1 Å². The molecule has 0 radical (unpaired) electrons. The SMILES string of the molecule is CC1(C)OC[C@@H]([C@@H](O)COC(=O)c2ccccc2)O1. The fourth-order valence-corrected chi connectivity index (χ4v) is 1.83. The topological polar surface area (TPSA) is 65.0 Å². The quantitative estimate of drug-likeness (QED) is 0.833. The number of carbonyl (C=O) groups excluding carboxylic acids is 1. The smallest absolute Gasteiger partial charge is 0.338 e. The van der Waals surface area contributed by atoms with Gasteiger partial charge >= 0.3 is 5.97 Å². The Bertz CT molecular complexity index is 429. The van der Waals surface area contributed by atoms with Gasteiger partial charge in [-0.15, -0.1) is 0 Å². The van der Waals surface area contributed by atoms with Crippen LogP contribution in [0.25, 0.3) is 0 Å². The Labute approximate surface area is 112 Å². The van der Waals surface area contributed by atoms with Gasteiger partial charge in [-0.25, -0.2) is 4.79 Å². The molecule has 104 valence electrons. The van der Waals surface area contributed by atoms with Crippen molar-refractivity contribution in [3.8, 4) is 0 Å². The van der Waals surface area contributed by atoms with Gasteiger partial charge < -0.3 is 19.3 Å². The molecule has 5 nitrogen and oxygen atoms in total. The van der Waals surface area contributed by atoms with E-state index < -0.39 is 24.0 Å². The zero-order valence-corrected chi connectivity index (χ0v) is 11.0. The number of esters is 1. The van der Waals surface area contributed by atoms with Gasteiger partial charge in [0.2, 0.25) is 0 Å². The predicted molar refractivity (Wildman–Crippen MR) is 67.6 cm³/mol. The highest BCUT2D eigenvalue weighted by molar-refractivity contribution is 5.89. The number of rotatable bonds is 4. The highest BCUT2D eigenvalue weighted by Gasteiger charge is 2.37. The summed E-state index contributed by atoms with van der Waals surface area (Å²) < 4.78 is 15.9. The third-order valence-electron chi connectivity index (χ3n) is 2.85. The molecule has 1 aromatic carbocycles. The fraction of sp³-hybridized carbons (Fsp3) is 0.500. The van der Waals surface area contributed by atoms with Gasteiger partial charge in [-0.1, -0.05) is 18.2 Å². The van der Waals surface area contributed by atoms with Gasteiger partial charge in [0.25, 0.3) is 0 Å². The van der Waals surface area contributed by atoms with Crippen molar-refractivity contribution < 1.29 is 24.1 Å². The van der Waals surface area contributed by atoms with E-state index in [1.165, 1.54) is 0 Å². The zero-order valence-electron chi connectivity index (χ0n) is 11.0. The van der Waals surface area contributed by atoms with Crippen molar-refractivity contribution in [2.24, 2.45) is 0 Å². The number of aliphatic hydroxyl groups is 1. The van der Waals surface area contributed by atoms with Crippen LogP contribution in [0.4, 0.5) is 0 Å². The minimum Gasteiger partial charge on any atom is -0.459 e. The highest BCUT2D eigenvalue weighted by atomic mass is 16.7. The Morgan fingerprint density at radius 2 is 2.16 bits per heavy atom. The Balaban J connectivity index is 1.81. The summed E-state index contributed by atoms with van der Waals surface area (Å²) in [6, 6.07) is 8.64. The van der Waals surface area contributed by atoms with E-state index in [2.05, 4.69) is 0 Å². The van der Waals surface area contributed by atoms with Gasteiger partial charge in [0.15, 0.2) is 5.79 Å². The lowest BCUT2D eigenvalue weighted by atomic mass is 10.2. The number of hydrogen-bond acceptors (Lipinski definition) is 5. The van der Waals surface area contributed by atoms with Gasteiger partial charge in [0, 0.05) is 0 Å². The summed E-state index contributed by atoms with van der Waals surface area (Å²) >= 11 is 0. The summed E-state index contributed by atoms with van der Waals surface area (Å²) in [4.78, 5) is 11.7. The predicted octanol–water partition coefficient (Wildman–Crippen LogP) is 1.36. The first-order chi connectivity index (χ1) is 8.98. The van der Waals surface area contributed by atoms with E-state index >= 15 is 0 Å². The molecule has 1 fully saturated rings. The first-order valence-corrected chi connectivity index (χ1v) is 6.20. The van der Waals surface area contributed by atoms with Crippen LogP contribution in [0, 0.1) is 0 Å². The maximum absolute atomic E-state index is 11.7. The molecule has 0 bridgehead atoms. The zero-order chi connectivity index (χ0) is 13.9. The number of hydrogen-bond donors (Lipinski definition) is 1. The van der Waals surface area contributed by atoms with E-state index in [9.17, 15) is 9.90 Å². The minimum absolute atomic E-state index is 0.113. The second-order valence-electron chi connectivity index (χ2n) is 4.90. The van der Waals surface area contributed by atoms with Crippen molar-refractivity contribution in [3.05, 3.63) is 35.9 Å². The molecule has 1 aromatic rings. The van der Waals surface area contributed by atoms with Crippen LogP contribution in [-0.2, 0) is 14.2 Å².